The SMILES string of the molecule is CC1(C)C(=O)N([C@H]2C[C@@](C#N)(N3CCC4CC3CO4)C2)c2cc(Br)cnc21. The molecule has 3 fully saturated rings. The average molecular weight is 431 g/mol. The first-order valence-corrected chi connectivity index (χ1v) is 10.4. The molecule has 4 aliphatic rings. The van der Waals surface area contributed by atoms with E-state index in [0.717, 1.165) is 41.8 Å². The van der Waals surface area contributed by atoms with Gasteiger partial charge in [0.05, 0.1) is 35.6 Å². The van der Waals surface area contributed by atoms with E-state index in [9.17, 15) is 10.1 Å². The van der Waals surface area contributed by atoms with Crippen molar-refractivity contribution in [2.24, 2.45) is 0 Å². The number of likely N-dealkylation sites (tertiary alicyclic amines) is 1. The Morgan fingerprint density at radius 3 is 2.89 bits per heavy atom. The number of nitriles is 1. The molecule has 3 aliphatic heterocycles. The van der Waals surface area contributed by atoms with E-state index in [1.165, 1.54) is 0 Å². The molecular formula is C20H23BrN4O2. The number of fused-ring (bicyclic) bond motifs is 3. The third kappa shape index (κ3) is 2.36. The van der Waals surface area contributed by atoms with Gasteiger partial charge in [0.15, 0.2) is 0 Å². The van der Waals surface area contributed by atoms with E-state index in [1.807, 2.05) is 24.8 Å². The van der Waals surface area contributed by atoms with Gasteiger partial charge in [-0.05, 0) is 48.7 Å². The molecule has 0 radical (unpaired) electrons. The van der Waals surface area contributed by atoms with Crippen molar-refractivity contribution < 1.29 is 9.53 Å². The Morgan fingerprint density at radius 2 is 2.15 bits per heavy atom. The summed E-state index contributed by atoms with van der Waals surface area (Å²) in [6.07, 6.45) is 5.54. The fourth-order valence-electron chi connectivity index (χ4n) is 5.39. The van der Waals surface area contributed by atoms with Crippen LogP contribution in [0.4, 0.5) is 5.69 Å². The monoisotopic (exact) mass is 430 g/mol. The molecule has 1 amide bonds. The van der Waals surface area contributed by atoms with Gasteiger partial charge in [-0.25, -0.2) is 0 Å². The Labute approximate surface area is 167 Å². The highest BCUT2D eigenvalue weighted by Crippen LogP contribution is 2.50. The summed E-state index contributed by atoms with van der Waals surface area (Å²) in [5, 5.41) is 10.0. The molecule has 1 aromatic heterocycles. The quantitative estimate of drug-likeness (QED) is 0.721. The Balaban J connectivity index is 1.43. The number of carbonyl (C=O) groups excluding carboxylic acids is 1. The molecule has 142 valence electrons. The summed E-state index contributed by atoms with van der Waals surface area (Å²) in [4.78, 5) is 22.0. The van der Waals surface area contributed by atoms with E-state index < -0.39 is 11.0 Å². The van der Waals surface area contributed by atoms with Crippen LogP contribution in [-0.2, 0) is 14.9 Å². The maximum atomic E-state index is 13.2. The fourth-order valence-corrected chi connectivity index (χ4v) is 5.71. The highest BCUT2D eigenvalue weighted by molar-refractivity contribution is 9.10. The van der Waals surface area contributed by atoms with Crippen LogP contribution in [0.3, 0.4) is 0 Å². The molecule has 1 saturated carbocycles. The van der Waals surface area contributed by atoms with Crippen molar-refractivity contribution in [3.05, 3.63) is 22.4 Å². The molecule has 0 spiro atoms. The molecule has 0 aromatic carbocycles. The van der Waals surface area contributed by atoms with Crippen molar-refractivity contribution in [2.75, 3.05) is 18.1 Å². The summed E-state index contributed by atoms with van der Waals surface area (Å²) in [5.74, 6) is 0.0857. The summed E-state index contributed by atoms with van der Waals surface area (Å²) in [7, 11) is 0. The topological polar surface area (TPSA) is 69.5 Å². The molecule has 6 nitrogen and oxygen atoms in total. The van der Waals surface area contributed by atoms with Crippen LogP contribution >= 0.6 is 15.9 Å². The molecular weight excluding hydrogens is 408 g/mol. The van der Waals surface area contributed by atoms with Crippen LogP contribution in [0.5, 0.6) is 0 Å². The molecule has 4 heterocycles. The van der Waals surface area contributed by atoms with E-state index in [1.54, 1.807) is 6.20 Å². The van der Waals surface area contributed by atoms with Gasteiger partial charge in [-0.2, -0.15) is 5.26 Å². The van der Waals surface area contributed by atoms with E-state index in [0.29, 0.717) is 25.0 Å². The van der Waals surface area contributed by atoms with Crippen LogP contribution in [0.2, 0.25) is 0 Å². The van der Waals surface area contributed by atoms with Crippen molar-refractivity contribution in [3.63, 3.8) is 0 Å². The summed E-state index contributed by atoms with van der Waals surface area (Å²) in [6, 6.07) is 4.98. The van der Waals surface area contributed by atoms with Gasteiger partial charge in [-0.15, -0.1) is 0 Å². The number of piperidine rings is 1. The van der Waals surface area contributed by atoms with Gasteiger partial charge in [0.2, 0.25) is 5.91 Å². The number of hydrogen-bond donors (Lipinski definition) is 0. The maximum absolute atomic E-state index is 13.2. The normalized spacial score (nSPS) is 37.0. The van der Waals surface area contributed by atoms with Gasteiger partial charge in [-0.3, -0.25) is 14.7 Å². The second-order valence-electron chi connectivity index (χ2n) is 8.85. The minimum Gasteiger partial charge on any atom is -0.376 e. The number of hydrogen-bond acceptors (Lipinski definition) is 5. The summed E-state index contributed by atoms with van der Waals surface area (Å²) in [6.45, 7) is 5.52. The predicted molar refractivity (Wildman–Crippen MR) is 103 cm³/mol. The second-order valence-corrected chi connectivity index (χ2v) is 9.77. The number of amides is 1. The number of nitrogens with zero attached hydrogens (tertiary/aromatic N) is 4. The Kier molecular flexibility index (Phi) is 3.75. The van der Waals surface area contributed by atoms with Gasteiger partial charge in [0.25, 0.3) is 0 Å². The van der Waals surface area contributed by atoms with Gasteiger partial charge < -0.3 is 9.64 Å². The van der Waals surface area contributed by atoms with Crippen molar-refractivity contribution in [1.82, 2.24) is 9.88 Å². The molecule has 7 heteroatoms. The third-order valence-corrected chi connectivity index (χ3v) is 7.33. The first-order valence-electron chi connectivity index (χ1n) is 9.65. The molecule has 2 atom stereocenters. The number of aromatic nitrogens is 1. The van der Waals surface area contributed by atoms with Crippen LogP contribution in [0.25, 0.3) is 0 Å². The van der Waals surface area contributed by atoms with Crippen LogP contribution in [0.1, 0.15) is 45.2 Å². The van der Waals surface area contributed by atoms with Crippen molar-refractivity contribution >= 4 is 27.5 Å². The molecule has 0 N–H and O–H groups in total. The van der Waals surface area contributed by atoms with Crippen LogP contribution in [0.15, 0.2) is 16.7 Å². The molecule has 1 aromatic rings. The minimum atomic E-state index is -0.626. The number of ether oxygens (including phenoxy) is 1. The lowest BCUT2D eigenvalue weighted by Crippen LogP contribution is -2.67. The zero-order valence-corrected chi connectivity index (χ0v) is 17.2. The molecule has 5 rings (SSSR count). The summed E-state index contributed by atoms with van der Waals surface area (Å²) < 4.78 is 6.69. The Bertz CT molecular complexity index is 858. The lowest BCUT2D eigenvalue weighted by molar-refractivity contribution is -0.123. The maximum Gasteiger partial charge on any atom is 0.239 e. The summed E-state index contributed by atoms with van der Waals surface area (Å²) >= 11 is 3.48. The first kappa shape index (κ1) is 17.6. The van der Waals surface area contributed by atoms with Crippen molar-refractivity contribution in [3.8, 4) is 6.07 Å². The second kappa shape index (κ2) is 5.76. The van der Waals surface area contributed by atoms with Gasteiger partial charge in [0.1, 0.15) is 5.54 Å². The van der Waals surface area contributed by atoms with Crippen LogP contribution in [0, 0.1) is 11.3 Å². The van der Waals surface area contributed by atoms with E-state index in [4.69, 9.17) is 4.74 Å². The Hall–Kier alpha value is -1.49. The van der Waals surface area contributed by atoms with Crippen LogP contribution in [-0.4, -0.2) is 52.7 Å². The van der Waals surface area contributed by atoms with E-state index in [-0.39, 0.29) is 11.9 Å². The molecule has 2 bridgehead atoms. The molecule has 2 unspecified atom stereocenters. The minimum absolute atomic E-state index is 0.0498. The molecule has 2 saturated heterocycles. The summed E-state index contributed by atoms with van der Waals surface area (Å²) in [5.41, 5.74) is 0.619. The van der Waals surface area contributed by atoms with Gasteiger partial charge in [0, 0.05) is 42.1 Å². The molecule has 1 aliphatic carbocycles. The zero-order chi connectivity index (χ0) is 19.0. The lowest BCUT2D eigenvalue weighted by Gasteiger charge is -2.54. The standard InChI is InChI=1S/C20H23BrN4O2/c1-19(2)17-16(5-12(21)9-23-17)25(18(19)26)14-7-20(8-14,11-22)24-4-3-15-6-13(24)10-27-15/h5,9,13-15H,3-4,6-8,10H2,1-2H3/t13?,14-,15?,20+. The third-order valence-electron chi connectivity index (χ3n) is 6.90. The molecule has 27 heavy (non-hydrogen) atoms. The predicted octanol–water partition coefficient (Wildman–Crippen LogP) is 2.76. The van der Waals surface area contributed by atoms with Gasteiger partial charge >= 0.3 is 0 Å². The average Bonchev–Trinajstić information content (AvgIpc) is 3.06. The van der Waals surface area contributed by atoms with Crippen molar-refractivity contribution in [2.45, 2.75) is 68.7 Å². The van der Waals surface area contributed by atoms with Crippen molar-refractivity contribution in [1.29, 1.82) is 5.26 Å². The highest BCUT2D eigenvalue weighted by atomic mass is 79.9. The van der Waals surface area contributed by atoms with E-state index >= 15 is 0 Å². The number of carbonyl (C=O) groups is 1. The van der Waals surface area contributed by atoms with Crippen LogP contribution < -0.4 is 4.90 Å². The number of pyridine rings is 1. The number of anilines is 1. The van der Waals surface area contributed by atoms with Gasteiger partial charge in [-0.1, -0.05) is 0 Å². The number of halogens is 1. The smallest absolute Gasteiger partial charge is 0.239 e. The zero-order valence-electron chi connectivity index (χ0n) is 15.6. The van der Waals surface area contributed by atoms with E-state index in [2.05, 4.69) is 31.9 Å². The Morgan fingerprint density at radius 1 is 1.37 bits per heavy atom. The lowest BCUT2D eigenvalue weighted by atomic mass is 9.70. The number of rotatable bonds is 2. The fraction of sp³-hybridized carbons (Fsp3) is 0.650. The first-order chi connectivity index (χ1) is 12.9. The largest absolute Gasteiger partial charge is 0.376 e. The highest BCUT2D eigenvalue weighted by Gasteiger charge is 2.59.